The van der Waals surface area contributed by atoms with Crippen molar-refractivity contribution in [3.8, 4) is 11.8 Å². The maximum absolute atomic E-state index is 8.94. The lowest BCUT2D eigenvalue weighted by Gasteiger charge is -2.20. The van der Waals surface area contributed by atoms with Crippen molar-refractivity contribution >= 4 is 0 Å². The first-order chi connectivity index (χ1) is 8.26. The highest BCUT2D eigenvalue weighted by Gasteiger charge is 2.14. The number of hydrogen-bond donors (Lipinski definition) is 1. The SMILES string of the molecule is CCC(C#N)Oc1ccccc1C(CC)NC. The Balaban J connectivity index is 2.95. The molecule has 0 radical (unpaired) electrons. The molecule has 0 fully saturated rings. The fourth-order valence-electron chi connectivity index (χ4n) is 1.81. The summed E-state index contributed by atoms with van der Waals surface area (Å²) in [6.45, 7) is 4.07. The van der Waals surface area contributed by atoms with Gasteiger partial charge in [-0.15, -0.1) is 0 Å². The van der Waals surface area contributed by atoms with Crippen molar-refractivity contribution in [2.75, 3.05) is 7.05 Å². The molecule has 1 N–H and O–H groups in total. The molecule has 17 heavy (non-hydrogen) atoms. The van der Waals surface area contributed by atoms with E-state index in [-0.39, 0.29) is 12.1 Å². The number of benzene rings is 1. The zero-order valence-electron chi connectivity index (χ0n) is 10.7. The number of para-hydroxylation sites is 1. The number of nitrogens with zero attached hydrogens (tertiary/aromatic N) is 1. The minimum Gasteiger partial charge on any atom is -0.475 e. The molecule has 1 aromatic rings. The van der Waals surface area contributed by atoms with Gasteiger partial charge >= 0.3 is 0 Å². The van der Waals surface area contributed by atoms with E-state index < -0.39 is 0 Å². The Morgan fingerprint density at radius 1 is 1.29 bits per heavy atom. The Labute approximate surface area is 103 Å². The van der Waals surface area contributed by atoms with Crippen LogP contribution in [0.25, 0.3) is 0 Å². The zero-order chi connectivity index (χ0) is 12.7. The Bertz CT molecular complexity index is 380. The van der Waals surface area contributed by atoms with E-state index in [2.05, 4.69) is 18.3 Å². The van der Waals surface area contributed by atoms with E-state index >= 15 is 0 Å². The van der Waals surface area contributed by atoms with Crippen molar-refractivity contribution in [2.45, 2.75) is 38.8 Å². The minimum atomic E-state index is -0.370. The Morgan fingerprint density at radius 2 is 2.00 bits per heavy atom. The fraction of sp³-hybridized carbons (Fsp3) is 0.500. The van der Waals surface area contributed by atoms with Crippen LogP contribution in [-0.4, -0.2) is 13.2 Å². The molecule has 0 amide bonds. The summed E-state index contributed by atoms with van der Waals surface area (Å²) in [6.07, 6.45) is 1.31. The summed E-state index contributed by atoms with van der Waals surface area (Å²) < 4.78 is 5.73. The molecule has 3 heteroatoms. The highest BCUT2D eigenvalue weighted by molar-refractivity contribution is 5.36. The third kappa shape index (κ3) is 3.47. The van der Waals surface area contributed by atoms with E-state index in [0.717, 1.165) is 17.7 Å². The Hall–Kier alpha value is -1.53. The lowest BCUT2D eigenvalue weighted by Crippen LogP contribution is -2.19. The fourth-order valence-corrected chi connectivity index (χ4v) is 1.81. The second-order valence-electron chi connectivity index (χ2n) is 3.93. The maximum Gasteiger partial charge on any atom is 0.184 e. The predicted molar refractivity (Wildman–Crippen MR) is 68.9 cm³/mol. The van der Waals surface area contributed by atoms with Gasteiger partial charge in [0.25, 0.3) is 0 Å². The van der Waals surface area contributed by atoms with Crippen molar-refractivity contribution in [1.29, 1.82) is 5.26 Å². The van der Waals surface area contributed by atoms with Gasteiger partial charge in [-0.3, -0.25) is 0 Å². The third-order valence-corrected chi connectivity index (χ3v) is 2.84. The van der Waals surface area contributed by atoms with Gasteiger partial charge < -0.3 is 10.1 Å². The molecule has 2 unspecified atom stereocenters. The highest BCUT2D eigenvalue weighted by atomic mass is 16.5. The first-order valence-electron chi connectivity index (χ1n) is 6.09. The van der Waals surface area contributed by atoms with Crippen LogP contribution in [0.4, 0.5) is 0 Å². The predicted octanol–water partition coefficient (Wildman–Crippen LogP) is 3.04. The number of nitriles is 1. The van der Waals surface area contributed by atoms with E-state index in [9.17, 15) is 0 Å². The molecular weight excluding hydrogens is 212 g/mol. The number of ether oxygens (including phenoxy) is 1. The number of nitrogens with one attached hydrogen (secondary N) is 1. The topological polar surface area (TPSA) is 45.0 Å². The molecule has 0 saturated heterocycles. The van der Waals surface area contributed by atoms with Gasteiger partial charge in [0.05, 0.1) is 0 Å². The molecule has 3 nitrogen and oxygen atoms in total. The highest BCUT2D eigenvalue weighted by Crippen LogP contribution is 2.27. The van der Waals surface area contributed by atoms with Crippen LogP contribution in [-0.2, 0) is 0 Å². The second-order valence-corrected chi connectivity index (χ2v) is 3.93. The normalized spacial score (nSPS) is 13.8. The van der Waals surface area contributed by atoms with E-state index in [1.807, 2.05) is 38.2 Å². The summed E-state index contributed by atoms with van der Waals surface area (Å²) in [7, 11) is 1.94. The van der Waals surface area contributed by atoms with Crippen molar-refractivity contribution in [3.05, 3.63) is 29.8 Å². The monoisotopic (exact) mass is 232 g/mol. The molecule has 0 aliphatic rings. The molecule has 0 saturated carbocycles. The molecule has 0 spiro atoms. The Kier molecular flexibility index (Phi) is 5.51. The van der Waals surface area contributed by atoms with Crippen LogP contribution in [0.5, 0.6) is 5.75 Å². The molecule has 0 aliphatic heterocycles. The lowest BCUT2D eigenvalue weighted by atomic mass is 10.0. The zero-order valence-corrected chi connectivity index (χ0v) is 10.7. The first kappa shape index (κ1) is 13.5. The van der Waals surface area contributed by atoms with Crippen LogP contribution >= 0.6 is 0 Å². The minimum absolute atomic E-state index is 0.266. The summed E-state index contributed by atoms with van der Waals surface area (Å²) in [4.78, 5) is 0. The van der Waals surface area contributed by atoms with Crippen LogP contribution in [0.15, 0.2) is 24.3 Å². The van der Waals surface area contributed by atoms with Crippen LogP contribution < -0.4 is 10.1 Å². The lowest BCUT2D eigenvalue weighted by molar-refractivity contribution is 0.247. The molecule has 0 bridgehead atoms. The molecule has 92 valence electrons. The van der Waals surface area contributed by atoms with Gasteiger partial charge in [0, 0.05) is 11.6 Å². The third-order valence-electron chi connectivity index (χ3n) is 2.84. The van der Waals surface area contributed by atoms with E-state index in [1.165, 1.54) is 0 Å². The molecule has 0 aliphatic carbocycles. The van der Waals surface area contributed by atoms with Crippen LogP contribution in [0.3, 0.4) is 0 Å². The van der Waals surface area contributed by atoms with Gasteiger partial charge in [-0.1, -0.05) is 32.0 Å². The van der Waals surface area contributed by atoms with Gasteiger partial charge in [-0.2, -0.15) is 5.26 Å². The van der Waals surface area contributed by atoms with Gasteiger partial charge in [0.15, 0.2) is 6.10 Å². The summed E-state index contributed by atoms with van der Waals surface area (Å²) in [5.41, 5.74) is 1.12. The molecule has 1 rings (SSSR count). The Morgan fingerprint density at radius 3 is 2.53 bits per heavy atom. The van der Waals surface area contributed by atoms with E-state index in [1.54, 1.807) is 0 Å². The second kappa shape index (κ2) is 6.93. The standard InChI is InChI=1S/C14H20N2O/c1-4-11(10-15)17-14-9-7-6-8-12(14)13(5-2)16-3/h6-9,11,13,16H,4-5H2,1-3H3. The summed E-state index contributed by atoms with van der Waals surface area (Å²) in [5, 5.41) is 12.2. The van der Waals surface area contributed by atoms with Crippen LogP contribution in [0, 0.1) is 11.3 Å². The van der Waals surface area contributed by atoms with E-state index in [4.69, 9.17) is 10.00 Å². The van der Waals surface area contributed by atoms with Crippen molar-refractivity contribution in [3.63, 3.8) is 0 Å². The van der Waals surface area contributed by atoms with Gasteiger partial charge in [0.2, 0.25) is 0 Å². The molecular formula is C14H20N2O. The van der Waals surface area contributed by atoms with Crippen molar-refractivity contribution in [1.82, 2.24) is 5.32 Å². The first-order valence-corrected chi connectivity index (χ1v) is 6.09. The molecule has 0 heterocycles. The average molecular weight is 232 g/mol. The summed E-state index contributed by atoms with van der Waals surface area (Å²) in [6, 6.07) is 10.3. The van der Waals surface area contributed by atoms with E-state index in [0.29, 0.717) is 6.42 Å². The van der Waals surface area contributed by atoms with Crippen LogP contribution in [0.1, 0.15) is 38.3 Å². The average Bonchev–Trinajstić information content (AvgIpc) is 2.39. The van der Waals surface area contributed by atoms with Gasteiger partial charge in [0.1, 0.15) is 11.8 Å². The smallest absolute Gasteiger partial charge is 0.184 e. The molecule has 2 atom stereocenters. The summed E-state index contributed by atoms with van der Waals surface area (Å²) >= 11 is 0. The summed E-state index contributed by atoms with van der Waals surface area (Å²) in [5.74, 6) is 0.808. The number of hydrogen-bond acceptors (Lipinski definition) is 3. The van der Waals surface area contributed by atoms with Crippen LogP contribution in [0.2, 0.25) is 0 Å². The van der Waals surface area contributed by atoms with Gasteiger partial charge in [-0.05, 0) is 26.0 Å². The van der Waals surface area contributed by atoms with Crippen molar-refractivity contribution in [2.24, 2.45) is 0 Å². The molecule has 0 aromatic heterocycles. The quantitative estimate of drug-likeness (QED) is 0.820. The maximum atomic E-state index is 8.94. The molecule has 1 aromatic carbocycles. The van der Waals surface area contributed by atoms with Gasteiger partial charge in [-0.25, -0.2) is 0 Å². The number of rotatable bonds is 6. The largest absolute Gasteiger partial charge is 0.475 e. The van der Waals surface area contributed by atoms with Crippen molar-refractivity contribution < 1.29 is 4.74 Å².